The zero-order valence-electron chi connectivity index (χ0n) is 75.3. The highest BCUT2D eigenvalue weighted by molar-refractivity contribution is 6.13. The first-order valence-corrected chi connectivity index (χ1v) is 43.1. The highest BCUT2D eigenvalue weighted by Crippen LogP contribution is 2.50. The highest BCUT2D eigenvalue weighted by atomic mass is 16.6. The van der Waals surface area contributed by atoms with Crippen molar-refractivity contribution in [2.45, 2.75) is 0 Å². The molecule has 0 atom stereocenters. The number of aromatic amines is 2. The van der Waals surface area contributed by atoms with Crippen LogP contribution in [0.1, 0.15) is 0 Å². The lowest BCUT2D eigenvalue weighted by Gasteiger charge is -2.15. The summed E-state index contributed by atoms with van der Waals surface area (Å²) in [4.78, 5) is 40.6. The molecule has 5 heterocycles. The van der Waals surface area contributed by atoms with E-state index in [0.717, 1.165) is 0 Å². The van der Waals surface area contributed by atoms with E-state index in [1.54, 1.807) is 105 Å². The fraction of sp³-hybridized carbons (Fsp3) is 0.636. The molecule has 2 N–H and O–H groups in total. The zero-order valence-corrected chi connectivity index (χ0v) is 75.3. The van der Waals surface area contributed by atoms with E-state index >= 15 is 0 Å². The molecular weight excluding hydrogens is 1680 g/mol. The van der Waals surface area contributed by atoms with Crippen LogP contribution in [0.4, 0.5) is 0 Å². The summed E-state index contributed by atoms with van der Waals surface area (Å²) in [5, 5.41) is 1.61. The number of H-pyrrole nitrogens is 2. The maximum Gasteiger partial charge on any atom is 0.168 e. The van der Waals surface area contributed by atoms with Crippen LogP contribution in [0.5, 0.6) is 46.0 Å². The molecule has 714 valence electrons. The Labute approximate surface area is 746 Å². The molecule has 4 aromatic carbocycles. The second-order valence-electron chi connectivity index (χ2n) is 27.4. The lowest BCUT2D eigenvalue weighted by atomic mass is 10.1. The smallest absolute Gasteiger partial charge is 0.168 e. The number of nitrogens with one attached hydrogen (secondary N) is 2. The van der Waals surface area contributed by atoms with Gasteiger partial charge in [0, 0.05) is 56.9 Å². The predicted octanol–water partition coefficient (Wildman–Crippen LogP) is 7.34. The lowest BCUT2D eigenvalue weighted by Crippen LogP contribution is -2.13. The van der Waals surface area contributed by atoms with E-state index in [1.807, 2.05) is 0 Å². The third-order valence-corrected chi connectivity index (χ3v) is 18.4. The van der Waals surface area contributed by atoms with E-state index in [0.29, 0.717) is 248 Å². The normalized spacial score (nSPS) is 11.8. The third-order valence-electron chi connectivity index (χ3n) is 18.4. The molecule has 8 bridgehead atoms. The number of methoxy groups -OCH3 is 8. The van der Waals surface area contributed by atoms with Gasteiger partial charge < -0.3 is 162 Å². The van der Waals surface area contributed by atoms with Crippen LogP contribution >= 0.6 is 0 Å². The molecule has 40 nitrogen and oxygen atoms in total. The number of hydrogen-bond acceptors (Lipinski definition) is 38. The number of hydrogen-bond donors (Lipinski definition) is 2. The van der Waals surface area contributed by atoms with Crippen LogP contribution < -0.4 is 37.9 Å². The minimum atomic E-state index is 0.0637. The van der Waals surface area contributed by atoms with E-state index in [4.69, 9.17) is 181 Å². The summed E-state index contributed by atoms with van der Waals surface area (Å²) >= 11 is 0. The topological polar surface area (TPSA) is 404 Å². The molecule has 0 radical (unpaired) electrons. The Morgan fingerprint density at radius 2 is 0.281 bits per heavy atom. The number of aromatic nitrogens is 8. The van der Waals surface area contributed by atoms with Crippen molar-refractivity contribution in [2.75, 3.05) is 374 Å². The van der Waals surface area contributed by atoms with Crippen molar-refractivity contribution in [3.63, 3.8) is 0 Å². The minimum absolute atomic E-state index is 0.0637. The van der Waals surface area contributed by atoms with Crippen LogP contribution in [0, 0.1) is 0 Å². The maximum absolute atomic E-state index is 6.84. The van der Waals surface area contributed by atoms with Crippen molar-refractivity contribution < 1.29 is 152 Å². The van der Waals surface area contributed by atoms with Crippen molar-refractivity contribution in [1.82, 2.24) is 39.9 Å². The van der Waals surface area contributed by atoms with Crippen LogP contribution in [0.25, 0.3) is 89.7 Å². The van der Waals surface area contributed by atoms with Crippen molar-refractivity contribution >= 4 is 44.1 Å². The highest BCUT2D eigenvalue weighted by Gasteiger charge is 2.33. The Morgan fingerprint density at radius 3 is 0.430 bits per heavy atom. The summed E-state index contributed by atoms with van der Waals surface area (Å²) in [5.74, 6) is 3.12. The largest absolute Gasteiger partial charge is 0.490 e. The first-order chi connectivity index (χ1) is 63.4. The van der Waals surface area contributed by atoms with Gasteiger partial charge >= 0.3 is 0 Å². The van der Waals surface area contributed by atoms with E-state index < -0.39 is 0 Å². The molecule has 40 heteroatoms. The van der Waals surface area contributed by atoms with Crippen molar-refractivity contribution in [3.8, 4) is 91.5 Å². The molecule has 2 aliphatic heterocycles. The van der Waals surface area contributed by atoms with Gasteiger partial charge in [-0.1, -0.05) is 0 Å². The summed E-state index contributed by atoms with van der Waals surface area (Å²) in [5.41, 5.74) is 2.26. The maximum atomic E-state index is 6.84. The fourth-order valence-electron chi connectivity index (χ4n) is 12.4. The monoisotopic (exact) mass is 1810 g/mol. The molecule has 0 aliphatic carbocycles. The Kier molecular flexibility index (Phi) is 52.1. The molecule has 0 amide bonds. The van der Waals surface area contributed by atoms with Gasteiger partial charge in [0.2, 0.25) is 0 Å². The van der Waals surface area contributed by atoms with Gasteiger partial charge in [0.05, 0.1) is 308 Å². The fourth-order valence-corrected chi connectivity index (χ4v) is 12.4. The quantitative estimate of drug-likeness (QED) is 0.0352. The van der Waals surface area contributed by atoms with Gasteiger partial charge in [-0.25, -0.2) is 29.9 Å². The number of ether oxygens (including phenoxy) is 32. The minimum Gasteiger partial charge on any atom is -0.490 e. The summed E-state index contributed by atoms with van der Waals surface area (Å²) in [6.45, 7) is 13.5. The van der Waals surface area contributed by atoms with Crippen LogP contribution in [0.15, 0.2) is 48.5 Å². The Hall–Kier alpha value is -8.32. The predicted molar refractivity (Wildman–Crippen MR) is 468 cm³/mol. The SMILES string of the molecule is COCCOCCOCCOc1ccc(OCCOCCOCCOC)c2c1-c1nc-2nc2[nH]c(nc3nc(nc4[nH]c(n1)c1c(OCCOCCOCCOC)ccc(OCCOCCOCCOC)c41)-c1c(OCCOCCOCCOC)ccc(OCCOCCOCCOC)c1-3)c1c(OCCOCCOCCOC)ccc(OCCOCCOCCOC)c21. The van der Waals surface area contributed by atoms with Gasteiger partial charge in [0.25, 0.3) is 0 Å². The van der Waals surface area contributed by atoms with Crippen LogP contribution in [0.3, 0.4) is 0 Å². The van der Waals surface area contributed by atoms with E-state index in [9.17, 15) is 0 Å². The van der Waals surface area contributed by atoms with Crippen LogP contribution in [0.2, 0.25) is 0 Å². The van der Waals surface area contributed by atoms with Gasteiger partial charge in [-0.3, -0.25) is 0 Å². The van der Waals surface area contributed by atoms with Gasteiger partial charge in [-0.15, -0.1) is 0 Å². The van der Waals surface area contributed by atoms with E-state index in [2.05, 4.69) is 9.97 Å². The molecule has 9 rings (SSSR count). The summed E-state index contributed by atoms with van der Waals surface area (Å²) in [7, 11) is 12.9. The Morgan fingerprint density at radius 1 is 0.156 bits per heavy atom. The molecule has 0 fully saturated rings. The van der Waals surface area contributed by atoms with Gasteiger partial charge in [-0.05, 0) is 48.5 Å². The zero-order chi connectivity index (χ0) is 89.7. The third kappa shape index (κ3) is 35.8. The van der Waals surface area contributed by atoms with Gasteiger partial charge in [-0.2, -0.15) is 0 Å². The van der Waals surface area contributed by atoms with Crippen molar-refractivity contribution in [1.29, 1.82) is 0 Å². The Balaban J connectivity index is 1.35. The molecule has 0 saturated carbocycles. The molecule has 128 heavy (non-hydrogen) atoms. The average molecular weight is 1810 g/mol. The second-order valence-corrected chi connectivity index (χ2v) is 27.4. The number of nitrogens with zero attached hydrogens (tertiary/aromatic N) is 6. The first-order valence-electron chi connectivity index (χ1n) is 43.1. The van der Waals surface area contributed by atoms with Gasteiger partial charge in [0.1, 0.15) is 121 Å². The van der Waals surface area contributed by atoms with Crippen LogP contribution in [-0.4, -0.2) is 414 Å². The first kappa shape index (κ1) is 103. The van der Waals surface area contributed by atoms with Crippen molar-refractivity contribution in [3.05, 3.63) is 48.5 Å². The molecule has 0 unspecified atom stereocenters. The molecule has 0 spiro atoms. The Bertz CT molecular complexity index is 3830. The number of benzene rings is 4. The van der Waals surface area contributed by atoms with Crippen molar-refractivity contribution in [2.24, 2.45) is 0 Å². The average Bonchev–Trinajstić information content (AvgIpc) is 1.57. The summed E-state index contributed by atoms with van der Waals surface area (Å²) in [6.07, 6.45) is 0. The summed E-state index contributed by atoms with van der Waals surface area (Å²) < 4.78 is 191. The number of rotatable bonds is 80. The molecule has 7 aromatic rings. The molecule has 2 aliphatic rings. The second kappa shape index (κ2) is 64.5. The van der Waals surface area contributed by atoms with Gasteiger partial charge in [0.15, 0.2) is 23.3 Å². The van der Waals surface area contributed by atoms with Crippen LogP contribution in [-0.2, 0) is 114 Å². The van der Waals surface area contributed by atoms with E-state index in [-0.39, 0.29) is 204 Å². The number of fused-ring (bicyclic) bond motifs is 20. The molecular formula is C88H130N8O32. The summed E-state index contributed by atoms with van der Waals surface area (Å²) in [6, 6.07) is 14.3. The lowest BCUT2D eigenvalue weighted by molar-refractivity contribution is 0.0178. The molecule has 3 aromatic heterocycles. The molecule has 0 saturated heterocycles. The van der Waals surface area contributed by atoms with E-state index in [1.165, 1.54) is 0 Å². The standard InChI is InChI=1S/C88H130N8O32/c1-97-17-25-105-33-41-113-49-57-121-65-9-10-66(122-58-50-114-42-34-106-26-18-98-2)74-73(65)81-89-82(74)94-84-77-69(125-61-53-117-45-37-109-29-21-101-5)13-14-70(126-62-54-118-46-38-110-30-22-102-6)78(77)86(91-84)96-88-80-72(128-64-56-120-48-40-112-32-24-104-8)16-15-71(127-63-55-119-47-39-111-31-23-103-7)79(80)87(92-88)95-85-76-68(124-60-52-116-44-36-108-28-20-100-4)12-11-67(75(76)83(90-85)93-81)123-59-51-115-43-35-107-27-19-99-3/h9-16H,17-64H2,1-8H3,(H2,89,90,91,92,93,94,95,96).